The maximum absolute atomic E-state index is 11.8. The Morgan fingerprint density at radius 3 is 2.26 bits per heavy atom. The van der Waals surface area contributed by atoms with Crippen molar-refractivity contribution in [2.75, 3.05) is 13.7 Å². The lowest BCUT2D eigenvalue weighted by atomic mass is 10.0. The molecule has 0 aliphatic rings. The van der Waals surface area contributed by atoms with Crippen LogP contribution in [0.3, 0.4) is 0 Å². The number of aliphatic carboxylic acids is 1. The number of carboxylic acids is 1. The zero-order valence-corrected chi connectivity index (χ0v) is 13.0. The average Bonchev–Trinajstić information content (AvgIpc) is 2.52. The van der Waals surface area contributed by atoms with Crippen molar-refractivity contribution in [3.8, 4) is 0 Å². The minimum Gasteiger partial charge on any atom is -0.480 e. The molecule has 2 atom stereocenters. The van der Waals surface area contributed by atoms with Crippen LogP contribution in [0.4, 0.5) is 0 Å². The number of benzene rings is 1. The van der Waals surface area contributed by atoms with Crippen molar-refractivity contribution < 1.29 is 38.1 Å². The molecular formula is C13H17NO8S. The van der Waals surface area contributed by atoms with Gasteiger partial charge in [-0.1, -0.05) is 12.1 Å². The number of aliphatic hydroxyl groups is 2. The molecule has 4 N–H and O–H groups in total. The van der Waals surface area contributed by atoms with Crippen molar-refractivity contribution in [2.24, 2.45) is 0 Å². The van der Waals surface area contributed by atoms with Gasteiger partial charge >= 0.3 is 11.9 Å². The highest BCUT2D eigenvalue weighted by molar-refractivity contribution is 7.89. The zero-order valence-electron chi connectivity index (χ0n) is 12.2. The first kappa shape index (κ1) is 19.0. The topological polar surface area (TPSA) is 150 Å². The van der Waals surface area contributed by atoms with Crippen LogP contribution in [-0.4, -0.2) is 55.4 Å². The first-order valence-corrected chi connectivity index (χ1v) is 7.90. The SMILES string of the molecule is COC(=O)CC(O)C(O)c1ccc(S(=O)(=O)NCC(=O)O)cc1. The molecule has 0 aromatic heterocycles. The van der Waals surface area contributed by atoms with Crippen LogP contribution in [0.2, 0.25) is 0 Å². The maximum Gasteiger partial charge on any atom is 0.318 e. The summed E-state index contributed by atoms with van der Waals surface area (Å²) in [6, 6.07) is 4.79. The van der Waals surface area contributed by atoms with E-state index in [9.17, 15) is 28.2 Å². The molecule has 1 aromatic rings. The molecule has 0 heterocycles. The summed E-state index contributed by atoms with van der Waals surface area (Å²) in [5, 5.41) is 28.1. The second-order valence-corrected chi connectivity index (χ2v) is 6.35. The fraction of sp³-hybridized carbons (Fsp3) is 0.385. The molecule has 1 aromatic carbocycles. The Kier molecular flexibility index (Phi) is 6.63. The van der Waals surface area contributed by atoms with Gasteiger partial charge in [-0.2, -0.15) is 4.72 Å². The molecule has 0 radical (unpaired) electrons. The minimum absolute atomic E-state index is 0.193. The van der Waals surface area contributed by atoms with Gasteiger partial charge in [0.2, 0.25) is 10.0 Å². The molecule has 0 aliphatic heterocycles. The van der Waals surface area contributed by atoms with Gasteiger partial charge in [-0.25, -0.2) is 8.42 Å². The number of ether oxygens (including phenoxy) is 1. The van der Waals surface area contributed by atoms with Gasteiger partial charge < -0.3 is 20.1 Å². The molecule has 2 unspecified atom stereocenters. The number of carbonyl (C=O) groups excluding carboxylic acids is 1. The normalized spacial score (nSPS) is 14.0. The van der Waals surface area contributed by atoms with Gasteiger partial charge in [-0.05, 0) is 17.7 Å². The average molecular weight is 347 g/mol. The molecule has 0 spiro atoms. The van der Waals surface area contributed by atoms with Crippen LogP contribution in [0.25, 0.3) is 0 Å². The summed E-state index contributed by atoms with van der Waals surface area (Å²) in [7, 11) is -2.85. The van der Waals surface area contributed by atoms with Crippen molar-refractivity contribution in [3.05, 3.63) is 29.8 Å². The lowest BCUT2D eigenvalue weighted by Gasteiger charge is -2.17. The molecule has 10 heteroatoms. The standard InChI is InChI=1S/C13H17NO8S/c1-22-12(18)6-10(15)13(19)8-2-4-9(5-3-8)23(20,21)14-7-11(16)17/h2-5,10,13-15,19H,6-7H2,1H3,(H,16,17). The monoisotopic (exact) mass is 347 g/mol. The Morgan fingerprint density at radius 2 is 1.78 bits per heavy atom. The van der Waals surface area contributed by atoms with Crippen molar-refractivity contribution in [3.63, 3.8) is 0 Å². The van der Waals surface area contributed by atoms with E-state index in [1.165, 1.54) is 12.1 Å². The molecule has 23 heavy (non-hydrogen) atoms. The Morgan fingerprint density at radius 1 is 1.22 bits per heavy atom. The van der Waals surface area contributed by atoms with E-state index >= 15 is 0 Å². The quantitative estimate of drug-likeness (QED) is 0.438. The van der Waals surface area contributed by atoms with Crippen molar-refractivity contribution in [1.82, 2.24) is 4.72 Å². The Balaban J connectivity index is 2.83. The van der Waals surface area contributed by atoms with Crippen LogP contribution in [0.15, 0.2) is 29.2 Å². The summed E-state index contributed by atoms with van der Waals surface area (Å²) in [5.74, 6) is -2.03. The highest BCUT2D eigenvalue weighted by Gasteiger charge is 2.23. The molecule has 0 saturated carbocycles. The highest BCUT2D eigenvalue weighted by Crippen LogP contribution is 2.21. The molecule has 0 amide bonds. The molecule has 9 nitrogen and oxygen atoms in total. The van der Waals surface area contributed by atoms with Gasteiger partial charge in [0, 0.05) is 0 Å². The minimum atomic E-state index is -3.99. The number of carboxylic acid groups (broad SMARTS) is 1. The zero-order chi connectivity index (χ0) is 17.6. The van der Waals surface area contributed by atoms with Gasteiger partial charge in [-0.3, -0.25) is 9.59 Å². The van der Waals surface area contributed by atoms with E-state index in [4.69, 9.17) is 5.11 Å². The molecule has 128 valence electrons. The van der Waals surface area contributed by atoms with Gasteiger partial charge in [0.1, 0.15) is 12.6 Å². The van der Waals surface area contributed by atoms with Gasteiger partial charge in [0.05, 0.1) is 24.5 Å². The van der Waals surface area contributed by atoms with Gasteiger partial charge in [0.15, 0.2) is 0 Å². The number of hydrogen-bond donors (Lipinski definition) is 4. The van der Waals surface area contributed by atoms with Gasteiger partial charge in [-0.15, -0.1) is 0 Å². The number of methoxy groups -OCH3 is 1. The molecule has 0 aliphatic carbocycles. The van der Waals surface area contributed by atoms with Crippen LogP contribution >= 0.6 is 0 Å². The predicted molar refractivity (Wildman–Crippen MR) is 76.9 cm³/mol. The Hall–Kier alpha value is -2.01. The Labute approximate surface area is 132 Å². The van der Waals surface area contributed by atoms with E-state index < -0.39 is 47.1 Å². The van der Waals surface area contributed by atoms with Crippen LogP contribution in [0.5, 0.6) is 0 Å². The van der Waals surface area contributed by atoms with Crippen LogP contribution in [0, 0.1) is 0 Å². The summed E-state index contributed by atoms with van der Waals surface area (Å²) >= 11 is 0. The largest absolute Gasteiger partial charge is 0.480 e. The Bertz CT molecular complexity index is 655. The van der Waals surface area contributed by atoms with Gasteiger partial charge in [0.25, 0.3) is 0 Å². The molecule has 0 saturated heterocycles. The van der Waals surface area contributed by atoms with E-state index in [0.29, 0.717) is 0 Å². The van der Waals surface area contributed by atoms with E-state index in [2.05, 4.69) is 4.74 Å². The summed E-state index contributed by atoms with van der Waals surface area (Å²) in [5.41, 5.74) is 0.193. The number of nitrogens with one attached hydrogen (secondary N) is 1. The first-order valence-electron chi connectivity index (χ1n) is 6.41. The van der Waals surface area contributed by atoms with Crippen molar-refractivity contribution >= 4 is 22.0 Å². The summed E-state index contributed by atoms with van der Waals surface area (Å²) in [6.45, 7) is -0.759. The number of rotatable bonds is 8. The highest BCUT2D eigenvalue weighted by atomic mass is 32.2. The first-order chi connectivity index (χ1) is 10.7. The lowest BCUT2D eigenvalue weighted by Crippen LogP contribution is -2.29. The van der Waals surface area contributed by atoms with E-state index in [-0.39, 0.29) is 10.5 Å². The third kappa shape index (κ3) is 5.60. The summed E-state index contributed by atoms with van der Waals surface area (Å²) in [4.78, 5) is 21.2. The second kappa shape index (κ2) is 8.02. The van der Waals surface area contributed by atoms with Crippen LogP contribution < -0.4 is 4.72 Å². The third-order valence-corrected chi connectivity index (χ3v) is 4.33. The smallest absolute Gasteiger partial charge is 0.318 e. The fourth-order valence-electron chi connectivity index (χ4n) is 1.67. The van der Waals surface area contributed by atoms with Crippen LogP contribution in [0.1, 0.15) is 18.1 Å². The molecule has 0 fully saturated rings. The van der Waals surface area contributed by atoms with E-state index in [1.54, 1.807) is 0 Å². The predicted octanol–water partition coefficient (Wildman–Crippen LogP) is -0.993. The lowest BCUT2D eigenvalue weighted by molar-refractivity contribution is -0.144. The van der Waals surface area contributed by atoms with Crippen molar-refractivity contribution in [1.29, 1.82) is 0 Å². The fourth-order valence-corrected chi connectivity index (χ4v) is 2.65. The summed E-state index contributed by atoms with van der Waals surface area (Å²) < 4.78 is 29.8. The maximum atomic E-state index is 11.8. The van der Waals surface area contributed by atoms with E-state index in [1.807, 2.05) is 4.72 Å². The number of hydrogen-bond acceptors (Lipinski definition) is 7. The summed E-state index contributed by atoms with van der Waals surface area (Å²) in [6.07, 6.45) is -3.23. The number of aliphatic hydroxyl groups excluding tert-OH is 2. The number of sulfonamides is 1. The van der Waals surface area contributed by atoms with Crippen LogP contribution in [-0.2, 0) is 24.3 Å². The molecular weight excluding hydrogens is 330 g/mol. The number of carbonyl (C=O) groups is 2. The third-order valence-electron chi connectivity index (χ3n) is 2.91. The second-order valence-electron chi connectivity index (χ2n) is 4.58. The molecule has 0 bridgehead atoms. The number of esters is 1. The van der Waals surface area contributed by atoms with E-state index in [0.717, 1.165) is 19.2 Å². The molecule has 1 rings (SSSR count). The van der Waals surface area contributed by atoms with Crippen molar-refractivity contribution in [2.45, 2.75) is 23.5 Å².